The molecule has 106 valence electrons. The third kappa shape index (κ3) is 3.73. The largest absolute Gasteiger partial charge is 0.395 e. The van der Waals surface area contributed by atoms with Crippen molar-refractivity contribution in [3.63, 3.8) is 0 Å². The summed E-state index contributed by atoms with van der Waals surface area (Å²) in [6.45, 7) is 2.38. The zero-order valence-electron chi connectivity index (χ0n) is 11.1. The fourth-order valence-corrected chi connectivity index (χ4v) is 2.14. The molecule has 1 aliphatic rings. The Kier molecular flexibility index (Phi) is 5.42. The number of rotatable bonds is 2. The molecule has 0 bridgehead atoms. The molecule has 0 atom stereocenters. The van der Waals surface area contributed by atoms with Gasteiger partial charge in [-0.1, -0.05) is 23.4 Å². The molecule has 1 N–H and O–H groups in total. The predicted octanol–water partition coefficient (Wildman–Crippen LogP) is 1.55. The van der Waals surface area contributed by atoms with Crippen LogP contribution in [0.2, 0.25) is 5.02 Å². The molecule has 0 aromatic heterocycles. The zero-order chi connectivity index (χ0) is 14.4. The van der Waals surface area contributed by atoms with E-state index >= 15 is 0 Å². The normalized spacial score (nSPS) is 14.6. The van der Waals surface area contributed by atoms with Crippen molar-refractivity contribution in [1.29, 1.82) is 0 Å². The van der Waals surface area contributed by atoms with Gasteiger partial charge >= 0.3 is 0 Å². The summed E-state index contributed by atoms with van der Waals surface area (Å²) in [5, 5.41) is 9.13. The van der Waals surface area contributed by atoms with Gasteiger partial charge in [-0.05, 0) is 18.2 Å². The van der Waals surface area contributed by atoms with Crippen LogP contribution in [0, 0.1) is 11.8 Å². The van der Waals surface area contributed by atoms with Gasteiger partial charge in [0.1, 0.15) is 0 Å². The highest BCUT2D eigenvalue weighted by Crippen LogP contribution is 2.18. The van der Waals surface area contributed by atoms with Crippen LogP contribution in [0.1, 0.15) is 22.3 Å². The number of carbonyl (C=O) groups excluding carboxylic acids is 1. The van der Waals surface area contributed by atoms with Crippen LogP contribution in [0.5, 0.6) is 0 Å². The predicted molar refractivity (Wildman–Crippen MR) is 76.8 cm³/mol. The molecule has 0 spiro atoms. The van der Waals surface area contributed by atoms with Crippen LogP contribution < -0.4 is 0 Å². The van der Waals surface area contributed by atoms with Gasteiger partial charge in [-0.3, -0.25) is 4.79 Å². The molecule has 5 heteroatoms. The van der Waals surface area contributed by atoms with Gasteiger partial charge in [0, 0.05) is 30.6 Å². The Bertz CT molecular complexity index is 542. The SMILES string of the molecule is O=C(c1ccc(C#CCCO)c(Cl)c1)N1CCOCC1. The van der Waals surface area contributed by atoms with Crippen LogP contribution in [0.25, 0.3) is 0 Å². The van der Waals surface area contributed by atoms with Crippen LogP contribution in [-0.4, -0.2) is 48.8 Å². The smallest absolute Gasteiger partial charge is 0.254 e. The van der Waals surface area contributed by atoms with Crippen molar-refractivity contribution in [1.82, 2.24) is 4.90 Å². The number of nitrogens with zero attached hydrogens (tertiary/aromatic N) is 1. The molecular weight excluding hydrogens is 278 g/mol. The van der Waals surface area contributed by atoms with Gasteiger partial charge in [0.25, 0.3) is 5.91 Å². The first-order valence-corrected chi connectivity index (χ1v) is 6.86. The molecule has 0 aliphatic carbocycles. The fraction of sp³-hybridized carbons (Fsp3) is 0.400. The number of aliphatic hydroxyl groups excluding tert-OH is 1. The van der Waals surface area contributed by atoms with Gasteiger partial charge in [-0.15, -0.1) is 0 Å². The third-order valence-electron chi connectivity index (χ3n) is 2.97. The van der Waals surface area contributed by atoms with Crippen LogP contribution >= 0.6 is 11.6 Å². The summed E-state index contributed by atoms with van der Waals surface area (Å²) in [6.07, 6.45) is 0.408. The number of carbonyl (C=O) groups is 1. The molecule has 1 saturated heterocycles. The molecule has 1 fully saturated rings. The second kappa shape index (κ2) is 7.30. The number of aliphatic hydroxyl groups is 1. The molecule has 1 aromatic rings. The average Bonchev–Trinajstić information content (AvgIpc) is 2.49. The standard InChI is InChI=1S/C15H16ClNO3/c16-14-11-13(5-4-12(14)3-1-2-8-18)15(19)17-6-9-20-10-7-17/h4-5,11,18H,2,6-10H2. The lowest BCUT2D eigenvalue weighted by Gasteiger charge is -2.26. The summed E-state index contributed by atoms with van der Waals surface area (Å²) in [7, 11) is 0. The topological polar surface area (TPSA) is 49.8 Å². The lowest BCUT2D eigenvalue weighted by molar-refractivity contribution is 0.0303. The number of amides is 1. The third-order valence-corrected chi connectivity index (χ3v) is 3.29. The Balaban J connectivity index is 2.12. The number of hydrogen-bond donors (Lipinski definition) is 1. The Morgan fingerprint density at radius 1 is 1.40 bits per heavy atom. The van der Waals surface area contributed by atoms with E-state index in [9.17, 15) is 4.79 Å². The van der Waals surface area contributed by atoms with Gasteiger partial charge < -0.3 is 14.7 Å². The summed E-state index contributed by atoms with van der Waals surface area (Å²) >= 11 is 6.13. The van der Waals surface area contributed by atoms with E-state index in [0.717, 1.165) is 0 Å². The lowest BCUT2D eigenvalue weighted by atomic mass is 10.1. The monoisotopic (exact) mass is 293 g/mol. The summed E-state index contributed by atoms with van der Waals surface area (Å²) < 4.78 is 5.22. The number of ether oxygens (including phenoxy) is 1. The van der Waals surface area contributed by atoms with Gasteiger partial charge in [-0.2, -0.15) is 0 Å². The average molecular weight is 294 g/mol. The summed E-state index contributed by atoms with van der Waals surface area (Å²) in [5.74, 6) is 5.64. The number of morpholine rings is 1. The molecule has 1 aromatic carbocycles. The molecule has 0 unspecified atom stereocenters. The highest BCUT2D eigenvalue weighted by Gasteiger charge is 2.18. The van der Waals surface area contributed by atoms with Gasteiger partial charge in [0.15, 0.2) is 0 Å². The van der Waals surface area contributed by atoms with E-state index < -0.39 is 0 Å². The Hall–Kier alpha value is -1.54. The minimum atomic E-state index is -0.0370. The van der Waals surface area contributed by atoms with Crippen molar-refractivity contribution in [2.45, 2.75) is 6.42 Å². The first kappa shape index (κ1) is 14.9. The zero-order valence-corrected chi connectivity index (χ0v) is 11.8. The summed E-state index contributed by atoms with van der Waals surface area (Å²) in [4.78, 5) is 14.0. The van der Waals surface area contributed by atoms with Crippen molar-refractivity contribution >= 4 is 17.5 Å². The van der Waals surface area contributed by atoms with E-state index in [4.69, 9.17) is 21.4 Å². The van der Waals surface area contributed by atoms with E-state index in [0.29, 0.717) is 48.9 Å². The maximum Gasteiger partial charge on any atom is 0.254 e. The van der Waals surface area contributed by atoms with Crippen molar-refractivity contribution in [3.8, 4) is 11.8 Å². The molecule has 20 heavy (non-hydrogen) atoms. The van der Waals surface area contributed by atoms with E-state index in [1.54, 1.807) is 23.1 Å². The lowest BCUT2D eigenvalue weighted by Crippen LogP contribution is -2.40. The van der Waals surface area contributed by atoms with Gasteiger partial charge in [0.05, 0.1) is 24.8 Å². The molecule has 0 radical (unpaired) electrons. The summed E-state index contributed by atoms with van der Waals surface area (Å²) in [5.41, 5.74) is 1.23. The van der Waals surface area contributed by atoms with Crippen LogP contribution in [0.3, 0.4) is 0 Å². The van der Waals surface area contributed by atoms with Crippen molar-refractivity contribution in [2.75, 3.05) is 32.9 Å². The van der Waals surface area contributed by atoms with Crippen LogP contribution in [0.4, 0.5) is 0 Å². The quantitative estimate of drug-likeness (QED) is 0.842. The molecule has 1 aliphatic heterocycles. The molecular formula is C15H16ClNO3. The molecule has 2 rings (SSSR count). The van der Waals surface area contributed by atoms with Crippen LogP contribution in [-0.2, 0) is 4.74 Å². The Morgan fingerprint density at radius 3 is 2.80 bits per heavy atom. The fourth-order valence-electron chi connectivity index (χ4n) is 1.91. The van der Waals surface area contributed by atoms with E-state index in [1.165, 1.54) is 0 Å². The van der Waals surface area contributed by atoms with Gasteiger partial charge in [0.2, 0.25) is 0 Å². The van der Waals surface area contributed by atoms with E-state index in [2.05, 4.69) is 11.8 Å². The summed E-state index contributed by atoms with van der Waals surface area (Å²) in [6, 6.07) is 5.11. The van der Waals surface area contributed by atoms with Crippen molar-refractivity contribution in [3.05, 3.63) is 34.3 Å². The highest BCUT2D eigenvalue weighted by atomic mass is 35.5. The Labute approximate surface area is 123 Å². The maximum absolute atomic E-state index is 12.3. The minimum absolute atomic E-state index is 0.0260. The number of halogens is 1. The molecule has 0 saturated carbocycles. The second-order valence-electron chi connectivity index (χ2n) is 4.37. The molecule has 4 nitrogen and oxygen atoms in total. The number of benzene rings is 1. The first-order chi connectivity index (χ1) is 9.72. The number of hydrogen-bond acceptors (Lipinski definition) is 3. The molecule has 1 amide bonds. The second-order valence-corrected chi connectivity index (χ2v) is 4.78. The van der Waals surface area contributed by atoms with Crippen molar-refractivity contribution < 1.29 is 14.6 Å². The van der Waals surface area contributed by atoms with Gasteiger partial charge in [-0.25, -0.2) is 0 Å². The minimum Gasteiger partial charge on any atom is -0.395 e. The maximum atomic E-state index is 12.3. The Morgan fingerprint density at radius 2 is 2.15 bits per heavy atom. The van der Waals surface area contributed by atoms with Crippen molar-refractivity contribution in [2.24, 2.45) is 0 Å². The molecule has 1 heterocycles. The highest BCUT2D eigenvalue weighted by molar-refractivity contribution is 6.32. The van der Waals surface area contributed by atoms with E-state index in [-0.39, 0.29) is 12.5 Å². The first-order valence-electron chi connectivity index (χ1n) is 6.48. The van der Waals surface area contributed by atoms with Crippen LogP contribution in [0.15, 0.2) is 18.2 Å². The van der Waals surface area contributed by atoms with E-state index in [1.807, 2.05) is 0 Å².